The lowest BCUT2D eigenvalue weighted by Crippen LogP contribution is -2.46. The van der Waals surface area contributed by atoms with Gasteiger partial charge in [0.2, 0.25) is 0 Å². The van der Waals surface area contributed by atoms with Crippen molar-refractivity contribution in [2.45, 2.75) is 37.8 Å². The molecule has 3 aliphatic rings. The van der Waals surface area contributed by atoms with Crippen LogP contribution in [0, 0.1) is 5.41 Å². The van der Waals surface area contributed by atoms with E-state index in [2.05, 4.69) is 66.9 Å². The highest BCUT2D eigenvalue weighted by atomic mass is 16.5. The molecule has 0 aromatic heterocycles. The smallest absolute Gasteiger partial charge is 0.331 e. The molecule has 2 amide bonds. The summed E-state index contributed by atoms with van der Waals surface area (Å²) in [6.45, 7) is 3.00. The SMILES string of the molecule is COc1ccc(CC2=CC=CC(CN3C(=O)N[C@@H]4C(=O)OC[C@@H]43)([C@H](C)c3ccccc3)C2)cc1. The molecular formula is C28H30N2O4. The highest BCUT2D eigenvalue weighted by Crippen LogP contribution is 2.46. The monoisotopic (exact) mass is 458 g/mol. The fourth-order valence-corrected chi connectivity index (χ4v) is 5.47. The van der Waals surface area contributed by atoms with Gasteiger partial charge >= 0.3 is 12.0 Å². The Bertz CT molecular complexity index is 1120. The van der Waals surface area contributed by atoms with Crippen LogP contribution in [0.1, 0.15) is 30.4 Å². The standard InChI is InChI=1S/C28H30N2O4/c1-19(22-8-4-3-5-9-22)28(18-30-24-17-34-26(31)25(24)29-27(30)32)14-6-7-21(16-28)15-20-10-12-23(33-2)13-11-20/h3-14,19,24-25H,15-18H2,1-2H3,(H,29,32)/t19-,24+,25+,28?/m1/s1. The molecule has 2 fully saturated rings. The second-order valence-corrected chi connectivity index (χ2v) is 9.50. The lowest BCUT2D eigenvalue weighted by atomic mass is 9.66. The fraction of sp³-hybridized carbons (Fsp3) is 0.357. The second kappa shape index (κ2) is 9.01. The molecular weight excluding hydrogens is 428 g/mol. The van der Waals surface area contributed by atoms with E-state index in [0.29, 0.717) is 6.54 Å². The van der Waals surface area contributed by atoms with Crippen molar-refractivity contribution in [2.24, 2.45) is 5.41 Å². The Morgan fingerprint density at radius 2 is 1.91 bits per heavy atom. The second-order valence-electron chi connectivity index (χ2n) is 9.50. The Kier molecular flexibility index (Phi) is 5.90. The van der Waals surface area contributed by atoms with Crippen LogP contribution in [0.2, 0.25) is 0 Å². The average molecular weight is 459 g/mol. The van der Waals surface area contributed by atoms with Gasteiger partial charge in [-0.05, 0) is 42.0 Å². The van der Waals surface area contributed by atoms with Crippen LogP contribution in [0.25, 0.3) is 0 Å². The van der Waals surface area contributed by atoms with Gasteiger partial charge in [-0.15, -0.1) is 0 Å². The lowest BCUT2D eigenvalue weighted by molar-refractivity contribution is -0.139. The summed E-state index contributed by atoms with van der Waals surface area (Å²) >= 11 is 0. The first kappa shape index (κ1) is 22.3. The zero-order valence-corrected chi connectivity index (χ0v) is 19.6. The molecule has 2 aromatic carbocycles. The molecule has 0 saturated carbocycles. The first-order valence-corrected chi connectivity index (χ1v) is 11.8. The number of nitrogens with one attached hydrogen (secondary N) is 1. The zero-order chi connectivity index (χ0) is 23.7. The number of urea groups is 1. The Hall–Kier alpha value is -3.54. The molecule has 4 atom stereocenters. The molecule has 1 unspecified atom stereocenters. The van der Waals surface area contributed by atoms with Crippen LogP contribution < -0.4 is 10.1 Å². The molecule has 2 saturated heterocycles. The summed E-state index contributed by atoms with van der Waals surface area (Å²) in [5.41, 5.74) is 3.45. The Balaban J connectivity index is 1.44. The molecule has 6 nitrogen and oxygen atoms in total. The van der Waals surface area contributed by atoms with Crippen LogP contribution in [0.5, 0.6) is 5.75 Å². The summed E-state index contributed by atoms with van der Waals surface area (Å²) in [4.78, 5) is 26.8. The molecule has 1 aliphatic carbocycles. The highest BCUT2D eigenvalue weighted by Gasteiger charge is 2.52. The van der Waals surface area contributed by atoms with Gasteiger partial charge in [0.05, 0.1) is 13.2 Å². The van der Waals surface area contributed by atoms with Crippen molar-refractivity contribution < 1.29 is 19.1 Å². The zero-order valence-electron chi connectivity index (χ0n) is 19.6. The number of carbonyl (C=O) groups is 2. The molecule has 0 radical (unpaired) electrons. The highest BCUT2D eigenvalue weighted by molar-refractivity contribution is 5.90. The number of fused-ring (bicyclic) bond motifs is 1. The summed E-state index contributed by atoms with van der Waals surface area (Å²) in [6.07, 6.45) is 8.22. The molecule has 6 heteroatoms. The summed E-state index contributed by atoms with van der Waals surface area (Å²) in [5, 5.41) is 2.82. The Labute approximate surface area is 200 Å². The predicted molar refractivity (Wildman–Crippen MR) is 130 cm³/mol. The van der Waals surface area contributed by atoms with Crippen molar-refractivity contribution in [3.63, 3.8) is 0 Å². The van der Waals surface area contributed by atoms with E-state index in [1.165, 1.54) is 16.7 Å². The van der Waals surface area contributed by atoms with Crippen molar-refractivity contribution in [1.82, 2.24) is 10.2 Å². The van der Waals surface area contributed by atoms with Crippen LogP contribution >= 0.6 is 0 Å². The minimum atomic E-state index is -0.571. The van der Waals surface area contributed by atoms with E-state index in [-0.39, 0.29) is 36.0 Å². The molecule has 0 spiro atoms. The summed E-state index contributed by atoms with van der Waals surface area (Å²) in [7, 11) is 1.67. The van der Waals surface area contributed by atoms with Crippen molar-refractivity contribution in [2.75, 3.05) is 20.3 Å². The molecule has 34 heavy (non-hydrogen) atoms. The number of esters is 1. The summed E-state index contributed by atoms with van der Waals surface area (Å²) in [5.74, 6) is 0.663. The van der Waals surface area contributed by atoms with E-state index in [1.54, 1.807) is 7.11 Å². The molecule has 2 aromatic rings. The number of ether oxygens (including phenoxy) is 2. The maximum absolute atomic E-state index is 12.9. The Morgan fingerprint density at radius 1 is 1.15 bits per heavy atom. The number of hydrogen-bond donors (Lipinski definition) is 1. The molecule has 1 N–H and O–H groups in total. The van der Waals surface area contributed by atoms with Gasteiger partial charge in [0.15, 0.2) is 6.04 Å². The minimum absolute atomic E-state index is 0.161. The maximum atomic E-state index is 12.9. The average Bonchev–Trinajstić information content (AvgIpc) is 3.38. The minimum Gasteiger partial charge on any atom is -0.497 e. The van der Waals surface area contributed by atoms with Crippen LogP contribution in [0.3, 0.4) is 0 Å². The van der Waals surface area contributed by atoms with Gasteiger partial charge < -0.3 is 19.7 Å². The number of hydrogen-bond acceptors (Lipinski definition) is 4. The van der Waals surface area contributed by atoms with Crippen molar-refractivity contribution in [3.05, 3.63) is 89.5 Å². The fourth-order valence-electron chi connectivity index (χ4n) is 5.47. The van der Waals surface area contributed by atoms with E-state index >= 15 is 0 Å². The number of methoxy groups -OCH3 is 1. The first-order valence-electron chi connectivity index (χ1n) is 11.8. The van der Waals surface area contributed by atoms with Crippen LogP contribution in [-0.4, -0.2) is 49.2 Å². The third kappa shape index (κ3) is 4.09. The third-order valence-electron chi connectivity index (χ3n) is 7.51. The van der Waals surface area contributed by atoms with Gasteiger partial charge in [0, 0.05) is 12.0 Å². The van der Waals surface area contributed by atoms with E-state index in [4.69, 9.17) is 9.47 Å². The van der Waals surface area contributed by atoms with Crippen molar-refractivity contribution in [3.8, 4) is 5.75 Å². The van der Waals surface area contributed by atoms with Gasteiger partial charge in [-0.25, -0.2) is 9.59 Å². The number of amides is 2. The number of cyclic esters (lactones) is 1. The molecule has 2 heterocycles. The molecule has 5 rings (SSSR count). The quantitative estimate of drug-likeness (QED) is 0.631. The van der Waals surface area contributed by atoms with Crippen molar-refractivity contribution >= 4 is 12.0 Å². The molecule has 2 aliphatic heterocycles. The predicted octanol–water partition coefficient (Wildman–Crippen LogP) is 4.23. The Morgan fingerprint density at radius 3 is 2.65 bits per heavy atom. The first-order chi connectivity index (χ1) is 16.5. The van der Waals surface area contributed by atoms with E-state index < -0.39 is 6.04 Å². The van der Waals surface area contributed by atoms with E-state index in [0.717, 1.165) is 18.6 Å². The van der Waals surface area contributed by atoms with Crippen LogP contribution in [0.15, 0.2) is 78.4 Å². The number of allylic oxidation sites excluding steroid dienone is 3. The maximum Gasteiger partial charge on any atom is 0.331 e. The summed E-state index contributed by atoms with van der Waals surface area (Å²) in [6, 6.07) is 17.6. The molecule has 0 bridgehead atoms. The number of carbonyl (C=O) groups excluding carboxylic acids is 2. The normalized spacial score (nSPS) is 26.5. The number of benzene rings is 2. The van der Waals surface area contributed by atoms with Crippen molar-refractivity contribution in [1.29, 1.82) is 0 Å². The summed E-state index contributed by atoms with van der Waals surface area (Å²) < 4.78 is 10.5. The van der Waals surface area contributed by atoms with Crippen LogP contribution in [0.4, 0.5) is 4.79 Å². The van der Waals surface area contributed by atoms with Gasteiger partial charge in [-0.2, -0.15) is 0 Å². The van der Waals surface area contributed by atoms with Crippen LogP contribution in [-0.2, 0) is 16.0 Å². The van der Waals surface area contributed by atoms with Gasteiger partial charge in [-0.3, -0.25) is 0 Å². The number of rotatable bonds is 7. The topological polar surface area (TPSA) is 67.9 Å². The third-order valence-corrected chi connectivity index (χ3v) is 7.51. The van der Waals surface area contributed by atoms with E-state index in [1.807, 2.05) is 23.1 Å². The lowest BCUT2D eigenvalue weighted by Gasteiger charge is -2.43. The van der Waals surface area contributed by atoms with Gasteiger partial charge in [-0.1, -0.05) is 73.2 Å². The molecule has 176 valence electrons. The van der Waals surface area contributed by atoms with E-state index in [9.17, 15) is 9.59 Å². The van der Waals surface area contributed by atoms with Gasteiger partial charge in [0.25, 0.3) is 0 Å². The van der Waals surface area contributed by atoms with Gasteiger partial charge in [0.1, 0.15) is 12.4 Å². The number of nitrogens with zero attached hydrogens (tertiary/aromatic N) is 1. The largest absolute Gasteiger partial charge is 0.497 e.